The van der Waals surface area contributed by atoms with Gasteiger partial charge in [-0.05, 0) is 85.8 Å². The number of carbonyl (C=O) groups is 16. The lowest BCUT2D eigenvalue weighted by Gasteiger charge is -2.38. The highest BCUT2D eigenvalue weighted by Gasteiger charge is 2.55. The Morgan fingerprint density at radius 1 is 0.484 bits per heavy atom. The highest BCUT2D eigenvalue weighted by atomic mass is 31.2. The molecule has 0 saturated heterocycles. The summed E-state index contributed by atoms with van der Waals surface area (Å²) in [5.41, 5.74) is 6.80. The molecule has 1 amide bonds. The third-order valence-electron chi connectivity index (χ3n) is 21.0. The number of aryl methyl sites for hydroxylation is 5. The van der Waals surface area contributed by atoms with Crippen LogP contribution in [0.15, 0.2) is 184 Å². The molecule has 5 heterocycles. The van der Waals surface area contributed by atoms with Gasteiger partial charge in [0.1, 0.15) is 34.2 Å². The van der Waals surface area contributed by atoms with Crippen molar-refractivity contribution in [2.45, 2.75) is 132 Å². The van der Waals surface area contributed by atoms with Crippen molar-refractivity contribution in [3.63, 3.8) is 0 Å². The van der Waals surface area contributed by atoms with E-state index < -0.39 is 83.2 Å². The number of hydrogen-bond acceptors (Lipinski definition) is 27. The number of ketones is 10. The summed E-state index contributed by atoms with van der Waals surface area (Å²) in [4.78, 5) is 200. The largest absolute Gasteiger partial charge is 0.872 e. The van der Waals surface area contributed by atoms with Crippen molar-refractivity contribution in [1.29, 1.82) is 0 Å². The van der Waals surface area contributed by atoms with Gasteiger partial charge in [0.25, 0.3) is 5.91 Å². The molecule has 5 aromatic carbocycles. The maximum atomic E-state index is 13.6. The monoisotopic (exact) mass is 1760 g/mol. The number of nitrogens with zero attached hydrogens (tertiary/aromatic N) is 4. The number of aromatic carboxylic acids is 1. The summed E-state index contributed by atoms with van der Waals surface area (Å²) in [5, 5.41) is 34.9. The van der Waals surface area contributed by atoms with Crippen molar-refractivity contribution in [3.05, 3.63) is 294 Å². The predicted octanol–water partition coefficient (Wildman–Crippen LogP) is 13.2. The van der Waals surface area contributed by atoms with Crippen LogP contribution in [0.1, 0.15) is 269 Å². The Bertz CT molecular complexity index is 5950. The molecule has 10 aromatic rings. The van der Waals surface area contributed by atoms with Gasteiger partial charge in [0.2, 0.25) is 46.8 Å². The zero-order valence-corrected chi connectivity index (χ0v) is 73.0. The third kappa shape index (κ3) is 21.9. The van der Waals surface area contributed by atoms with Gasteiger partial charge in [-0.15, -0.1) is 0 Å². The summed E-state index contributed by atoms with van der Waals surface area (Å²) < 4.78 is 34.6. The second-order valence-corrected chi connectivity index (χ2v) is 33.7. The molecule has 0 spiro atoms. The van der Waals surface area contributed by atoms with Crippen molar-refractivity contribution in [3.8, 4) is 0 Å². The number of nitrogens with two attached hydrogens (primary N) is 1. The highest BCUT2D eigenvalue weighted by Crippen LogP contribution is 2.67. The van der Waals surface area contributed by atoms with Crippen LogP contribution in [-0.2, 0) is 51.3 Å². The fourth-order valence-electron chi connectivity index (χ4n) is 14.9. The first kappa shape index (κ1) is 97.4. The summed E-state index contributed by atoms with van der Waals surface area (Å²) >= 11 is 0. The number of benzene rings is 5. The Hall–Kier alpha value is -14.5. The van der Waals surface area contributed by atoms with Crippen LogP contribution in [0.25, 0.3) is 11.5 Å². The number of furan rings is 3. The molecule has 15 rings (SSSR count). The molecule has 32 heteroatoms. The van der Waals surface area contributed by atoms with Gasteiger partial charge in [-0.25, -0.2) is 29.1 Å². The Labute approximate surface area is 736 Å². The van der Waals surface area contributed by atoms with Crippen LogP contribution in [0.2, 0.25) is 0 Å². The van der Waals surface area contributed by atoms with Crippen molar-refractivity contribution in [2.75, 3.05) is 51.4 Å². The number of imidazole rings is 2. The predicted molar refractivity (Wildman–Crippen MR) is 467 cm³/mol. The number of amides is 1. The number of aliphatic hydroxyl groups excluding tert-OH is 1. The van der Waals surface area contributed by atoms with E-state index >= 15 is 0 Å². The second-order valence-electron chi connectivity index (χ2n) is 29.4. The van der Waals surface area contributed by atoms with Gasteiger partial charge in [0, 0.05) is 113 Å². The molecule has 5 aliphatic carbocycles. The average molecular weight is 1770 g/mol. The van der Waals surface area contributed by atoms with Crippen molar-refractivity contribution < 1.29 is 119 Å². The molecule has 5 aromatic heterocycles. The molecule has 0 aliphatic heterocycles. The standard InChI is InChI=1S/C26H37O5P.C20H17N3O4.C16H12O5.C14H8O5.C10H6O3.C6H11N3.C4H6O3/c1-5-9-16-32(17-10-6-2,18-11-7-3)25(26(30)31-8-4)21-22(27)19-14-12-13-15-20(19)23(28)24(21)29;1-12-15(20(26)22-7-4-9-23-10-8-21-11-23)16-17(24)13-5-2-3-6-14(13)18(25)19(16)27-12;1-3-20-16(19)11-8(2)21-15-12(11)13(17)9-6-4-5-7-10(9)14(15)18;1-6-9(14(17)18)10-11(15)7-4-2-3-5-8(7)12(16)13(10)19-6;11-8-5-9(12)10(13)7-4-2-1-3-6(7)8;7-2-1-4-9-5-3-8-6-9;1-2-7-4(6)3-5/h12-15,25H,5-11,16-18H2,1-4H3;2-3,5-6,8,10-11H,4,7,9H2,1H3,(H,22,26);4-7H,3H2,1-2H3;2-5H,1H3,(H,17,18);1-5,11H;3,5-6H,1-2,4,7H2;3H,2H2,1H3. The Morgan fingerprint density at radius 2 is 0.859 bits per heavy atom. The van der Waals surface area contributed by atoms with Crippen LogP contribution >= 0.6 is 7.26 Å². The number of aliphatic hydroxyl groups is 1. The minimum absolute atomic E-state index is 0.00894. The number of carboxylic acid groups (broad SMARTS) is 1. The van der Waals surface area contributed by atoms with Crippen LogP contribution in [0.5, 0.6) is 0 Å². The van der Waals surface area contributed by atoms with E-state index in [1.165, 1.54) is 38.1 Å². The summed E-state index contributed by atoms with van der Waals surface area (Å²) in [6, 6.07) is 32.3. The third-order valence-corrected chi connectivity index (χ3v) is 26.2. The van der Waals surface area contributed by atoms with Gasteiger partial charge < -0.3 is 63.0 Å². The number of carbonyl (C=O) groups excluding carboxylic acids is 15. The number of ether oxygens (including phenoxy) is 3. The second kappa shape index (κ2) is 45.4. The van der Waals surface area contributed by atoms with Gasteiger partial charge in [-0.1, -0.05) is 167 Å². The zero-order chi connectivity index (χ0) is 93.2. The fourth-order valence-corrected chi connectivity index (χ4v) is 20.5. The van der Waals surface area contributed by atoms with E-state index in [2.05, 4.69) is 40.8 Å². The van der Waals surface area contributed by atoms with Gasteiger partial charge in [0.05, 0.1) is 73.2 Å². The number of hydrogen-bond donors (Lipinski definition) is 4. The van der Waals surface area contributed by atoms with Gasteiger partial charge in [-0.2, -0.15) is 0 Å². The molecule has 5 N–H and O–H groups in total. The van der Waals surface area contributed by atoms with E-state index in [1.807, 2.05) is 21.5 Å². The lowest BCUT2D eigenvalue weighted by molar-refractivity contribution is -0.245. The van der Waals surface area contributed by atoms with E-state index in [1.54, 1.807) is 150 Å². The van der Waals surface area contributed by atoms with E-state index in [4.69, 9.17) is 33.6 Å². The van der Waals surface area contributed by atoms with Crippen molar-refractivity contribution in [2.24, 2.45) is 5.73 Å². The maximum Gasteiger partial charge on any atom is 0.371 e. The number of aldehydes is 1. The molecule has 666 valence electrons. The number of unbranched alkanes of at least 4 members (excludes halogenated alkanes) is 3. The van der Waals surface area contributed by atoms with Crippen LogP contribution in [-0.4, -0.2) is 180 Å². The topological polar surface area (TPSA) is 477 Å². The zero-order valence-electron chi connectivity index (χ0n) is 72.1. The number of carboxylic acids is 1. The van der Waals surface area contributed by atoms with Crippen LogP contribution < -0.4 is 16.2 Å². The molecule has 0 fully saturated rings. The quantitative estimate of drug-likeness (QED) is 0.00976. The van der Waals surface area contributed by atoms with Crippen LogP contribution in [0, 0.1) is 20.8 Å². The number of nitrogens with one attached hydrogen (secondary N) is 1. The maximum absolute atomic E-state index is 13.6. The first-order valence-electron chi connectivity index (χ1n) is 41.6. The Balaban J connectivity index is 0.000000176. The number of esters is 3. The van der Waals surface area contributed by atoms with Crippen molar-refractivity contribution >= 4 is 113 Å². The summed E-state index contributed by atoms with van der Waals surface area (Å²) in [7, 11) is -2.13. The molecule has 5 aliphatic rings. The lowest BCUT2D eigenvalue weighted by Crippen LogP contribution is -2.41. The SMILES string of the molecule is CCCC[P+](CCCC)(CCCC)C(C(=O)OCC)C1=C([O-])c2ccccc2C(=O)C1=O.CCOC(=O)C=O.CCOC(=O)c1c(C)oc2c1C(=O)c1ccccc1C2=O.Cc1oc2c(c1C(=O)NCCCn1ccnc1)C(=O)c1ccccc1C2=O.Cc1oc2c(c1C(=O)O)C(=O)c1ccccc1C2=O.NCCCn1ccnc1.O=C1C=C(O)c2ccccc2C1=O. The van der Waals surface area contributed by atoms with E-state index in [-0.39, 0.29) is 162 Å². The Kier molecular flexibility index (Phi) is 34.6. The van der Waals surface area contributed by atoms with Crippen LogP contribution in [0.3, 0.4) is 0 Å². The lowest BCUT2D eigenvalue weighted by atomic mass is 9.86. The van der Waals surface area contributed by atoms with E-state index in [0.717, 1.165) is 82.6 Å². The van der Waals surface area contributed by atoms with Crippen LogP contribution in [0.4, 0.5) is 0 Å². The van der Waals surface area contributed by atoms with E-state index in [0.29, 0.717) is 41.8 Å². The summed E-state index contributed by atoms with van der Waals surface area (Å²) in [6.45, 7) is 19.4. The first-order valence-corrected chi connectivity index (χ1v) is 44.0. The molecular weight excluding hydrogens is 1670 g/mol. The number of aromatic nitrogens is 4. The average Bonchev–Trinajstić information content (AvgIpc) is 1.65. The molecule has 0 saturated carbocycles. The Morgan fingerprint density at radius 3 is 1.25 bits per heavy atom. The molecule has 0 radical (unpaired) electrons. The molecule has 1 atom stereocenters. The van der Waals surface area contributed by atoms with Gasteiger partial charge >= 0.3 is 23.9 Å². The normalized spacial score (nSPS) is 13.1. The molecule has 1 unspecified atom stereocenters. The van der Waals surface area contributed by atoms with Crippen molar-refractivity contribution in [1.82, 2.24) is 24.4 Å². The first-order chi connectivity index (χ1) is 61.5. The summed E-state index contributed by atoms with van der Waals surface area (Å²) in [6.07, 6.45) is 21.7. The smallest absolute Gasteiger partial charge is 0.371 e. The summed E-state index contributed by atoms with van der Waals surface area (Å²) in [5.74, 6) is -9.24. The highest BCUT2D eigenvalue weighted by molar-refractivity contribution is 7.77. The van der Waals surface area contributed by atoms with E-state index in [9.17, 15) is 86.9 Å². The molecule has 0 bridgehead atoms. The minimum Gasteiger partial charge on any atom is -0.872 e. The molecule has 128 heavy (non-hydrogen) atoms. The number of fused-ring (bicyclic) bond motifs is 8. The molecule has 31 nitrogen and oxygen atoms in total. The fraction of sp³-hybridized carbons (Fsp3) is 0.292. The van der Waals surface area contributed by atoms with Gasteiger partial charge in [-0.3, -0.25) is 57.5 Å². The van der Waals surface area contributed by atoms with Gasteiger partial charge in [0.15, 0.2) is 40.3 Å². The molecular formula is C96H97N6O25P. The minimum atomic E-state index is -2.13. The number of allylic oxidation sites excluding steroid dienone is 1. The number of Topliss-reactive ketones (excluding diaryl/α,β-unsaturated/α-hetero) is 3. The number of rotatable bonds is 26.